The molecule has 0 saturated heterocycles. The minimum atomic E-state index is -4.82. The van der Waals surface area contributed by atoms with Gasteiger partial charge in [0.25, 0.3) is 5.91 Å². The fourth-order valence-corrected chi connectivity index (χ4v) is 1.70. The number of hydrogen-bond donors (Lipinski definition) is 1. The first-order chi connectivity index (χ1) is 10.7. The molecule has 0 unspecified atom stereocenters. The summed E-state index contributed by atoms with van der Waals surface area (Å²) in [5, 5.41) is 16.8. The van der Waals surface area contributed by atoms with E-state index in [2.05, 4.69) is 15.2 Å². The molecule has 1 aromatic carbocycles. The second kappa shape index (κ2) is 5.94. The molecule has 8 nitrogen and oxygen atoms in total. The first-order valence-corrected chi connectivity index (χ1v) is 6.01. The summed E-state index contributed by atoms with van der Waals surface area (Å²) in [6.07, 6.45) is -3.76. The van der Waals surface area contributed by atoms with Crippen molar-refractivity contribution in [2.75, 3.05) is 5.32 Å². The normalized spacial score (nSPS) is 11.1. The predicted octanol–water partition coefficient (Wildman–Crippen LogP) is 2.48. The summed E-state index contributed by atoms with van der Waals surface area (Å²) in [5.74, 6) is -1.32. The highest BCUT2D eigenvalue weighted by atomic mass is 19.4. The van der Waals surface area contributed by atoms with Crippen LogP contribution in [0.4, 0.5) is 24.5 Å². The number of amides is 1. The van der Waals surface area contributed by atoms with Crippen molar-refractivity contribution in [1.29, 1.82) is 0 Å². The minimum Gasteiger partial charge on any atom is -0.406 e. The molecule has 122 valence electrons. The molecule has 0 atom stereocenters. The average Bonchev–Trinajstić information content (AvgIpc) is 2.82. The Hall–Kier alpha value is -3.11. The van der Waals surface area contributed by atoms with Crippen molar-refractivity contribution in [3.63, 3.8) is 0 Å². The zero-order valence-electron chi connectivity index (χ0n) is 11.5. The number of aromatic nitrogens is 2. The standard InChI is InChI=1S/C12H9F3N4O4/c1-18-6-9(19(21)22)10(17-18)11(20)16-7-2-4-8(5-3-7)23-12(13,14)15/h2-6H,1H3,(H,16,20). The van der Waals surface area contributed by atoms with Crippen LogP contribution in [0.2, 0.25) is 0 Å². The van der Waals surface area contributed by atoms with Crippen LogP contribution in [-0.4, -0.2) is 27.0 Å². The molecule has 23 heavy (non-hydrogen) atoms. The third-order valence-corrected chi connectivity index (χ3v) is 2.57. The molecule has 2 rings (SSSR count). The molecule has 0 saturated carbocycles. The SMILES string of the molecule is Cn1cc([N+](=O)[O-])c(C(=O)Nc2ccc(OC(F)(F)F)cc2)n1. The number of carbonyl (C=O) groups excluding carboxylic acids is 1. The van der Waals surface area contributed by atoms with Gasteiger partial charge in [0.05, 0.1) is 4.92 Å². The van der Waals surface area contributed by atoms with E-state index in [9.17, 15) is 28.1 Å². The molecule has 0 spiro atoms. The maximum Gasteiger partial charge on any atom is 0.573 e. The highest BCUT2D eigenvalue weighted by Crippen LogP contribution is 2.24. The lowest BCUT2D eigenvalue weighted by atomic mass is 10.3. The van der Waals surface area contributed by atoms with Crippen molar-refractivity contribution in [1.82, 2.24) is 9.78 Å². The molecule has 0 fully saturated rings. The number of ether oxygens (including phenoxy) is 1. The van der Waals surface area contributed by atoms with Crippen molar-refractivity contribution < 1.29 is 27.6 Å². The molecule has 2 aromatic rings. The zero-order valence-corrected chi connectivity index (χ0v) is 11.5. The molecule has 0 aliphatic carbocycles. The molecule has 0 aliphatic heterocycles. The number of carbonyl (C=O) groups is 1. The van der Waals surface area contributed by atoms with E-state index < -0.39 is 34.3 Å². The van der Waals surface area contributed by atoms with E-state index in [1.165, 1.54) is 7.05 Å². The van der Waals surface area contributed by atoms with Crippen LogP contribution in [0, 0.1) is 10.1 Å². The number of benzene rings is 1. The van der Waals surface area contributed by atoms with Crippen molar-refractivity contribution >= 4 is 17.3 Å². The number of nitrogens with zero attached hydrogens (tertiary/aromatic N) is 3. The van der Waals surface area contributed by atoms with E-state index >= 15 is 0 Å². The Morgan fingerprint density at radius 2 is 1.96 bits per heavy atom. The Labute approximate surface area is 126 Å². The molecule has 1 heterocycles. The van der Waals surface area contributed by atoms with Gasteiger partial charge in [0.15, 0.2) is 0 Å². The molecule has 1 aromatic heterocycles. The van der Waals surface area contributed by atoms with Gasteiger partial charge in [-0.3, -0.25) is 19.6 Å². The maximum absolute atomic E-state index is 12.0. The Kier molecular flexibility index (Phi) is 4.20. The van der Waals surface area contributed by atoms with Crippen LogP contribution in [0.25, 0.3) is 0 Å². The first-order valence-electron chi connectivity index (χ1n) is 6.01. The Balaban J connectivity index is 2.13. The van der Waals surface area contributed by atoms with Gasteiger partial charge < -0.3 is 10.1 Å². The maximum atomic E-state index is 12.0. The highest BCUT2D eigenvalue weighted by Gasteiger charge is 2.31. The molecule has 0 bridgehead atoms. The Morgan fingerprint density at radius 3 is 2.48 bits per heavy atom. The monoisotopic (exact) mass is 330 g/mol. The van der Waals surface area contributed by atoms with Crippen LogP contribution in [0.5, 0.6) is 5.75 Å². The van der Waals surface area contributed by atoms with Gasteiger partial charge >= 0.3 is 12.0 Å². The van der Waals surface area contributed by atoms with E-state index in [1.54, 1.807) is 0 Å². The van der Waals surface area contributed by atoms with E-state index in [0.717, 1.165) is 35.1 Å². The van der Waals surface area contributed by atoms with Gasteiger partial charge in [-0.05, 0) is 24.3 Å². The highest BCUT2D eigenvalue weighted by molar-refractivity contribution is 6.05. The van der Waals surface area contributed by atoms with Gasteiger partial charge in [-0.2, -0.15) is 5.10 Å². The zero-order chi connectivity index (χ0) is 17.2. The number of aryl methyl sites for hydroxylation is 1. The number of halogens is 3. The lowest BCUT2D eigenvalue weighted by Gasteiger charge is -2.09. The van der Waals surface area contributed by atoms with Gasteiger partial charge in [-0.1, -0.05) is 0 Å². The second-order valence-electron chi connectivity index (χ2n) is 4.32. The van der Waals surface area contributed by atoms with Crippen LogP contribution in [0.3, 0.4) is 0 Å². The topological polar surface area (TPSA) is 99.3 Å². The number of nitrogens with one attached hydrogen (secondary N) is 1. The first kappa shape index (κ1) is 16.3. The van der Waals surface area contributed by atoms with Crippen molar-refractivity contribution in [2.45, 2.75) is 6.36 Å². The summed E-state index contributed by atoms with van der Waals surface area (Å²) >= 11 is 0. The summed E-state index contributed by atoms with van der Waals surface area (Å²) in [7, 11) is 1.41. The molecule has 0 aliphatic rings. The molecular formula is C12H9F3N4O4. The second-order valence-corrected chi connectivity index (χ2v) is 4.32. The molecule has 1 N–H and O–H groups in total. The lowest BCUT2D eigenvalue weighted by Crippen LogP contribution is -2.17. The summed E-state index contributed by atoms with van der Waals surface area (Å²) in [4.78, 5) is 22.0. The summed E-state index contributed by atoms with van der Waals surface area (Å²) in [6, 6.07) is 4.31. The lowest BCUT2D eigenvalue weighted by molar-refractivity contribution is -0.385. The molecule has 11 heteroatoms. The van der Waals surface area contributed by atoms with Gasteiger partial charge in [0.1, 0.15) is 11.9 Å². The summed E-state index contributed by atoms with van der Waals surface area (Å²) in [5.41, 5.74) is -0.764. The van der Waals surface area contributed by atoms with E-state index in [4.69, 9.17) is 0 Å². The molecule has 1 amide bonds. The van der Waals surface area contributed by atoms with Crippen LogP contribution in [0.15, 0.2) is 30.5 Å². The number of nitro groups is 1. The number of rotatable bonds is 4. The van der Waals surface area contributed by atoms with Gasteiger partial charge in [0.2, 0.25) is 5.69 Å². The number of anilines is 1. The van der Waals surface area contributed by atoms with Crippen molar-refractivity contribution in [3.05, 3.63) is 46.3 Å². The fourth-order valence-electron chi connectivity index (χ4n) is 1.70. The predicted molar refractivity (Wildman–Crippen MR) is 70.9 cm³/mol. The Morgan fingerprint density at radius 1 is 1.35 bits per heavy atom. The summed E-state index contributed by atoms with van der Waals surface area (Å²) in [6.45, 7) is 0. The van der Waals surface area contributed by atoms with Crippen molar-refractivity contribution in [3.8, 4) is 5.75 Å². The number of alkyl halides is 3. The average molecular weight is 330 g/mol. The fraction of sp³-hybridized carbons (Fsp3) is 0.167. The largest absolute Gasteiger partial charge is 0.573 e. The third kappa shape index (κ3) is 4.18. The van der Waals surface area contributed by atoms with E-state index in [1.807, 2.05) is 0 Å². The molecule has 0 radical (unpaired) electrons. The smallest absolute Gasteiger partial charge is 0.406 e. The number of hydrogen-bond acceptors (Lipinski definition) is 5. The van der Waals surface area contributed by atoms with Gasteiger partial charge in [0, 0.05) is 12.7 Å². The quantitative estimate of drug-likeness (QED) is 0.686. The molecular weight excluding hydrogens is 321 g/mol. The minimum absolute atomic E-state index is 0.129. The van der Waals surface area contributed by atoms with Crippen LogP contribution < -0.4 is 10.1 Å². The van der Waals surface area contributed by atoms with Gasteiger partial charge in [-0.15, -0.1) is 13.2 Å². The Bertz CT molecular complexity index is 740. The van der Waals surface area contributed by atoms with Crippen molar-refractivity contribution in [2.24, 2.45) is 7.05 Å². The van der Waals surface area contributed by atoms with Gasteiger partial charge in [-0.25, -0.2) is 0 Å². The van der Waals surface area contributed by atoms with Crippen LogP contribution in [0.1, 0.15) is 10.5 Å². The third-order valence-electron chi connectivity index (χ3n) is 2.57. The van der Waals surface area contributed by atoms with Crippen LogP contribution in [-0.2, 0) is 7.05 Å². The van der Waals surface area contributed by atoms with E-state index in [-0.39, 0.29) is 5.69 Å². The van der Waals surface area contributed by atoms with E-state index in [0.29, 0.717) is 0 Å². The summed E-state index contributed by atoms with van der Waals surface area (Å²) < 4.78 is 40.9. The van der Waals surface area contributed by atoms with Crippen LogP contribution >= 0.6 is 0 Å².